The van der Waals surface area contributed by atoms with Gasteiger partial charge in [0.2, 0.25) is 0 Å². The molecule has 3 heterocycles. The van der Waals surface area contributed by atoms with Gasteiger partial charge in [-0.1, -0.05) is 0 Å². The summed E-state index contributed by atoms with van der Waals surface area (Å²) in [6, 6.07) is 0.148. The van der Waals surface area contributed by atoms with Gasteiger partial charge in [-0.15, -0.1) is 0 Å². The van der Waals surface area contributed by atoms with Gasteiger partial charge in [-0.3, -0.25) is 4.79 Å². The Hall–Kier alpha value is -1.53. The number of aromatic nitrogens is 2. The Kier molecular flexibility index (Phi) is 2.53. The number of piperazine rings is 1. The van der Waals surface area contributed by atoms with E-state index in [0.717, 1.165) is 31.2 Å². The second-order valence-electron chi connectivity index (χ2n) is 4.46. The Balaban J connectivity index is 1.89. The molecule has 90 valence electrons. The number of rotatable bonds is 1. The molecular formula is C11H15N5O. The van der Waals surface area contributed by atoms with Gasteiger partial charge in [0.05, 0.1) is 23.8 Å². The first-order valence-electron chi connectivity index (χ1n) is 5.81. The van der Waals surface area contributed by atoms with E-state index in [1.807, 2.05) is 0 Å². The van der Waals surface area contributed by atoms with E-state index in [1.54, 1.807) is 18.1 Å². The first-order valence-corrected chi connectivity index (χ1v) is 5.81. The summed E-state index contributed by atoms with van der Waals surface area (Å²) in [5.74, 6) is 0.792. The number of hydrogen-bond donors (Lipinski definition) is 2. The van der Waals surface area contributed by atoms with Crippen LogP contribution in [0.3, 0.4) is 0 Å². The molecule has 1 atom stereocenters. The summed E-state index contributed by atoms with van der Waals surface area (Å²) in [7, 11) is 1.78. The summed E-state index contributed by atoms with van der Waals surface area (Å²) in [5.41, 5.74) is 1.48. The van der Waals surface area contributed by atoms with E-state index < -0.39 is 0 Å². The zero-order chi connectivity index (χ0) is 11.8. The molecular weight excluding hydrogens is 218 g/mol. The maximum atomic E-state index is 11.7. The van der Waals surface area contributed by atoms with Gasteiger partial charge in [0, 0.05) is 32.9 Å². The Labute approximate surface area is 99.4 Å². The Morgan fingerprint density at radius 2 is 2.35 bits per heavy atom. The van der Waals surface area contributed by atoms with Crippen molar-refractivity contribution < 1.29 is 4.79 Å². The van der Waals surface area contributed by atoms with Gasteiger partial charge >= 0.3 is 0 Å². The molecule has 1 amide bonds. The molecule has 6 nitrogen and oxygen atoms in total. The molecule has 0 bridgehead atoms. The van der Waals surface area contributed by atoms with Crippen LogP contribution in [-0.2, 0) is 6.54 Å². The SMILES string of the molecule is CN1Cc2nc(C3CNCCN3)ncc2C1=O. The van der Waals surface area contributed by atoms with E-state index in [1.165, 1.54) is 0 Å². The summed E-state index contributed by atoms with van der Waals surface area (Å²) < 4.78 is 0. The summed E-state index contributed by atoms with van der Waals surface area (Å²) in [6.07, 6.45) is 1.65. The maximum Gasteiger partial charge on any atom is 0.257 e. The molecule has 0 saturated carbocycles. The van der Waals surface area contributed by atoms with Crippen molar-refractivity contribution in [3.63, 3.8) is 0 Å². The lowest BCUT2D eigenvalue weighted by Crippen LogP contribution is -2.43. The minimum Gasteiger partial charge on any atom is -0.336 e. The van der Waals surface area contributed by atoms with Crippen LogP contribution in [-0.4, -0.2) is 47.5 Å². The van der Waals surface area contributed by atoms with Gasteiger partial charge in [0.1, 0.15) is 5.82 Å². The molecule has 6 heteroatoms. The predicted molar refractivity (Wildman–Crippen MR) is 61.4 cm³/mol. The van der Waals surface area contributed by atoms with Crippen molar-refractivity contribution in [1.29, 1.82) is 0 Å². The molecule has 1 aromatic heterocycles. The van der Waals surface area contributed by atoms with Crippen molar-refractivity contribution >= 4 is 5.91 Å². The summed E-state index contributed by atoms with van der Waals surface area (Å²) >= 11 is 0. The molecule has 17 heavy (non-hydrogen) atoms. The van der Waals surface area contributed by atoms with Crippen molar-refractivity contribution in [3.05, 3.63) is 23.3 Å². The van der Waals surface area contributed by atoms with E-state index in [4.69, 9.17) is 0 Å². The van der Waals surface area contributed by atoms with E-state index in [9.17, 15) is 4.79 Å². The summed E-state index contributed by atoms with van der Waals surface area (Å²) in [6.45, 7) is 3.32. The van der Waals surface area contributed by atoms with Gasteiger partial charge < -0.3 is 15.5 Å². The lowest BCUT2D eigenvalue weighted by Gasteiger charge is -2.23. The Morgan fingerprint density at radius 1 is 1.47 bits per heavy atom. The van der Waals surface area contributed by atoms with Crippen molar-refractivity contribution in [2.24, 2.45) is 0 Å². The minimum atomic E-state index is 0.0151. The van der Waals surface area contributed by atoms with Crippen LogP contribution in [0.15, 0.2) is 6.20 Å². The van der Waals surface area contributed by atoms with Gasteiger partial charge in [-0.25, -0.2) is 9.97 Å². The van der Waals surface area contributed by atoms with Gasteiger partial charge in [0.25, 0.3) is 5.91 Å². The fourth-order valence-corrected chi connectivity index (χ4v) is 2.24. The average Bonchev–Trinajstić information content (AvgIpc) is 2.66. The van der Waals surface area contributed by atoms with Crippen LogP contribution in [0.1, 0.15) is 27.9 Å². The van der Waals surface area contributed by atoms with Crippen LogP contribution in [0.5, 0.6) is 0 Å². The van der Waals surface area contributed by atoms with Gasteiger partial charge in [0.15, 0.2) is 0 Å². The smallest absolute Gasteiger partial charge is 0.257 e. The fraction of sp³-hybridized carbons (Fsp3) is 0.545. The van der Waals surface area contributed by atoms with Crippen LogP contribution < -0.4 is 10.6 Å². The topological polar surface area (TPSA) is 70.2 Å². The molecule has 2 aliphatic heterocycles. The molecule has 1 unspecified atom stereocenters. The van der Waals surface area contributed by atoms with E-state index in [-0.39, 0.29) is 11.9 Å². The Morgan fingerprint density at radius 3 is 3.12 bits per heavy atom. The zero-order valence-corrected chi connectivity index (χ0v) is 9.73. The van der Waals surface area contributed by atoms with E-state index >= 15 is 0 Å². The molecule has 0 spiro atoms. The fourth-order valence-electron chi connectivity index (χ4n) is 2.24. The molecule has 2 aliphatic rings. The molecule has 2 N–H and O–H groups in total. The third kappa shape index (κ3) is 1.79. The molecule has 1 fully saturated rings. The highest BCUT2D eigenvalue weighted by molar-refractivity contribution is 5.97. The van der Waals surface area contributed by atoms with Crippen molar-refractivity contribution in [2.75, 3.05) is 26.7 Å². The monoisotopic (exact) mass is 233 g/mol. The van der Waals surface area contributed by atoms with E-state index in [0.29, 0.717) is 12.1 Å². The van der Waals surface area contributed by atoms with Crippen LogP contribution >= 0.6 is 0 Å². The first-order chi connectivity index (χ1) is 8.25. The Bertz CT molecular complexity index is 455. The minimum absolute atomic E-state index is 0.0151. The molecule has 1 saturated heterocycles. The van der Waals surface area contributed by atoms with Gasteiger partial charge in [-0.05, 0) is 0 Å². The predicted octanol–water partition coefficient (Wildman–Crippen LogP) is -0.704. The highest BCUT2D eigenvalue weighted by atomic mass is 16.2. The largest absolute Gasteiger partial charge is 0.336 e. The summed E-state index contributed by atoms with van der Waals surface area (Å²) in [4.78, 5) is 22.2. The number of carbonyl (C=O) groups is 1. The zero-order valence-electron chi connectivity index (χ0n) is 9.73. The van der Waals surface area contributed by atoms with Crippen molar-refractivity contribution in [2.45, 2.75) is 12.6 Å². The lowest BCUT2D eigenvalue weighted by molar-refractivity contribution is 0.0816. The van der Waals surface area contributed by atoms with Crippen LogP contribution in [0.4, 0.5) is 0 Å². The number of nitrogens with zero attached hydrogens (tertiary/aromatic N) is 3. The van der Waals surface area contributed by atoms with Crippen LogP contribution in [0, 0.1) is 0 Å². The highest BCUT2D eigenvalue weighted by Gasteiger charge is 2.28. The normalized spacial score (nSPS) is 23.9. The number of carbonyl (C=O) groups excluding carboxylic acids is 1. The maximum absolute atomic E-state index is 11.7. The van der Waals surface area contributed by atoms with Crippen molar-refractivity contribution in [3.8, 4) is 0 Å². The molecule has 0 aromatic carbocycles. The van der Waals surface area contributed by atoms with Gasteiger partial charge in [-0.2, -0.15) is 0 Å². The highest BCUT2D eigenvalue weighted by Crippen LogP contribution is 2.20. The van der Waals surface area contributed by atoms with Crippen LogP contribution in [0.25, 0.3) is 0 Å². The first kappa shape index (κ1) is 10.6. The molecule has 3 rings (SSSR count). The number of amides is 1. The summed E-state index contributed by atoms with van der Waals surface area (Å²) in [5, 5.41) is 6.66. The lowest BCUT2D eigenvalue weighted by atomic mass is 10.2. The number of hydrogen-bond acceptors (Lipinski definition) is 5. The third-order valence-corrected chi connectivity index (χ3v) is 3.20. The number of fused-ring (bicyclic) bond motifs is 1. The average molecular weight is 233 g/mol. The van der Waals surface area contributed by atoms with E-state index in [2.05, 4.69) is 20.6 Å². The molecule has 0 radical (unpaired) electrons. The second-order valence-corrected chi connectivity index (χ2v) is 4.46. The van der Waals surface area contributed by atoms with Crippen molar-refractivity contribution in [1.82, 2.24) is 25.5 Å². The quantitative estimate of drug-likeness (QED) is 0.671. The molecule has 0 aliphatic carbocycles. The van der Waals surface area contributed by atoms with Crippen LogP contribution in [0.2, 0.25) is 0 Å². The molecule has 1 aromatic rings. The standard InChI is InChI=1S/C11H15N5O/c1-16-6-9-7(11(16)17)4-14-10(15-9)8-5-12-2-3-13-8/h4,8,12-13H,2-3,5-6H2,1H3. The second kappa shape index (κ2) is 4.05. The number of nitrogens with one attached hydrogen (secondary N) is 2. The third-order valence-electron chi connectivity index (χ3n) is 3.20.